The highest BCUT2D eigenvalue weighted by atomic mass is 35.5. The molecular weight excluding hydrogens is 368 g/mol. The van der Waals surface area contributed by atoms with Gasteiger partial charge in [0, 0.05) is 22.2 Å². The van der Waals surface area contributed by atoms with Gasteiger partial charge in [-0.15, -0.1) is 10.2 Å². The molecule has 0 unspecified atom stereocenters. The maximum atomic E-state index is 11.9. The Morgan fingerprint density at radius 1 is 1.15 bits per heavy atom. The number of esters is 1. The lowest BCUT2D eigenvalue weighted by Gasteiger charge is -2.06. The van der Waals surface area contributed by atoms with E-state index in [-0.39, 0.29) is 12.5 Å². The molecule has 0 saturated carbocycles. The minimum Gasteiger partial charge on any atom is -0.493 e. The summed E-state index contributed by atoms with van der Waals surface area (Å²) in [6, 6.07) is 14.4. The molecule has 27 heavy (non-hydrogen) atoms. The van der Waals surface area contributed by atoms with Crippen molar-refractivity contribution in [3.05, 3.63) is 71.1 Å². The van der Waals surface area contributed by atoms with Crippen LogP contribution in [0.4, 0.5) is 0 Å². The third-order valence-corrected chi connectivity index (χ3v) is 3.77. The van der Waals surface area contributed by atoms with Crippen LogP contribution in [0, 0.1) is 0 Å². The van der Waals surface area contributed by atoms with Crippen LogP contribution in [-0.2, 0) is 16.1 Å². The lowest BCUT2D eigenvalue weighted by Crippen LogP contribution is -2.01. The maximum Gasteiger partial charge on any atom is 0.331 e. The number of aromatic nitrogens is 2. The van der Waals surface area contributed by atoms with Gasteiger partial charge in [0.1, 0.15) is 5.75 Å². The number of carbonyl (C=O) groups is 1. The first-order valence-corrected chi connectivity index (χ1v) is 8.68. The van der Waals surface area contributed by atoms with Crippen LogP contribution in [0.3, 0.4) is 0 Å². The summed E-state index contributed by atoms with van der Waals surface area (Å²) < 4.78 is 16.1. The van der Waals surface area contributed by atoms with E-state index < -0.39 is 5.97 Å². The van der Waals surface area contributed by atoms with Gasteiger partial charge in [-0.2, -0.15) is 0 Å². The van der Waals surface area contributed by atoms with Gasteiger partial charge in [0.05, 0.1) is 6.61 Å². The molecule has 7 heteroatoms. The molecule has 0 amide bonds. The number of nitrogens with zero attached hydrogens (tertiary/aromatic N) is 2. The largest absolute Gasteiger partial charge is 0.493 e. The summed E-state index contributed by atoms with van der Waals surface area (Å²) in [6.45, 7) is 2.33. The summed E-state index contributed by atoms with van der Waals surface area (Å²) in [4.78, 5) is 11.9. The van der Waals surface area contributed by atoms with E-state index in [1.807, 2.05) is 31.2 Å². The third kappa shape index (κ3) is 5.18. The van der Waals surface area contributed by atoms with E-state index in [9.17, 15) is 4.79 Å². The molecule has 0 radical (unpaired) electrons. The molecule has 0 saturated heterocycles. The Bertz CT molecular complexity index is 935. The van der Waals surface area contributed by atoms with Crippen LogP contribution in [0.15, 0.2) is 59.0 Å². The van der Waals surface area contributed by atoms with Crippen LogP contribution in [0.25, 0.3) is 17.5 Å². The maximum absolute atomic E-state index is 11.9. The molecule has 0 atom stereocenters. The van der Waals surface area contributed by atoms with Crippen molar-refractivity contribution in [1.29, 1.82) is 0 Å². The number of ether oxygens (including phenoxy) is 2. The summed E-state index contributed by atoms with van der Waals surface area (Å²) in [5.74, 6) is 0.719. The number of rotatable bonds is 7. The van der Waals surface area contributed by atoms with Crippen LogP contribution in [0.5, 0.6) is 5.75 Å². The highest BCUT2D eigenvalue weighted by molar-refractivity contribution is 6.30. The Morgan fingerprint density at radius 3 is 2.70 bits per heavy atom. The van der Waals surface area contributed by atoms with Crippen molar-refractivity contribution in [2.24, 2.45) is 0 Å². The van der Waals surface area contributed by atoms with Crippen LogP contribution in [0.1, 0.15) is 18.4 Å². The SMILES string of the molecule is CCOc1ccccc1/C=C/C(=O)OCc1nnc(-c2ccc(Cl)cc2)o1. The van der Waals surface area contributed by atoms with E-state index >= 15 is 0 Å². The molecule has 0 fully saturated rings. The summed E-state index contributed by atoms with van der Waals surface area (Å²) >= 11 is 5.85. The van der Waals surface area contributed by atoms with Gasteiger partial charge in [-0.3, -0.25) is 0 Å². The molecule has 3 aromatic rings. The zero-order chi connectivity index (χ0) is 19.1. The zero-order valence-corrected chi connectivity index (χ0v) is 15.3. The Kier molecular flexibility index (Phi) is 6.22. The predicted molar refractivity (Wildman–Crippen MR) is 101 cm³/mol. The quantitative estimate of drug-likeness (QED) is 0.439. The molecule has 3 rings (SSSR count). The molecule has 0 bridgehead atoms. The first-order chi connectivity index (χ1) is 13.2. The predicted octanol–water partition coefficient (Wildman–Crippen LogP) is 4.55. The topological polar surface area (TPSA) is 74.5 Å². The second-order valence-electron chi connectivity index (χ2n) is 5.42. The second-order valence-corrected chi connectivity index (χ2v) is 5.86. The van der Waals surface area contributed by atoms with Crippen molar-refractivity contribution in [2.75, 3.05) is 6.61 Å². The van der Waals surface area contributed by atoms with Gasteiger partial charge in [-0.1, -0.05) is 29.8 Å². The van der Waals surface area contributed by atoms with Crippen molar-refractivity contribution >= 4 is 23.6 Å². The van der Waals surface area contributed by atoms with Crippen molar-refractivity contribution < 1.29 is 18.7 Å². The minimum atomic E-state index is -0.521. The Morgan fingerprint density at radius 2 is 1.93 bits per heavy atom. The normalized spacial score (nSPS) is 10.9. The van der Waals surface area contributed by atoms with Gasteiger partial charge in [-0.25, -0.2) is 4.79 Å². The third-order valence-electron chi connectivity index (χ3n) is 3.51. The first-order valence-electron chi connectivity index (χ1n) is 8.30. The van der Waals surface area contributed by atoms with E-state index in [0.717, 1.165) is 11.1 Å². The van der Waals surface area contributed by atoms with Gasteiger partial charge in [-0.05, 0) is 43.3 Å². The summed E-state index contributed by atoms with van der Waals surface area (Å²) in [7, 11) is 0. The summed E-state index contributed by atoms with van der Waals surface area (Å²) in [5, 5.41) is 8.42. The molecule has 0 aliphatic heterocycles. The monoisotopic (exact) mass is 384 g/mol. The molecule has 0 aliphatic carbocycles. The molecule has 1 heterocycles. The van der Waals surface area contributed by atoms with Crippen LogP contribution >= 0.6 is 11.6 Å². The molecule has 0 N–H and O–H groups in total. The van der Waals surface area contributed by atoms with Gasteiger partial charge >= 0.3 is 5.97 Å². The molecule has 6 nitrogen and oxygen atoms in total. The summed E-state index contributed by atoms with van der Waals surface area (Å²) in [5.41, 5.74) is 1.52. The molecule has 1 aromatic heterocycles. The van der Waals surface area contributed by atoms with Crippen molar-refractivity contribution in [3.63, 3.8) is 0 Å². The number of hydrogen-bond acceptors (Lipinski definition) is 6. The highest BCUT2D eigenvalue weighted by Gasteiger charge is 2.10. The second kappa shape index (κ2) is 9.00. The van der Waals surface area contributed by atoms with Gasteiger partial charge in [0.25, 0.3) is 5.89 Å². The van der Waals surface area contributed by atoms with Crippen molar-refractivity contribution in [2.45, 2.75) is 13.5 Å². The first kappa shape index (κ1) is 18.7. The number of carbonyl (C=O) groups excluding carboxylic acids is 1. The standard InChI is InChI=1S/C20H17ClN2O4/c1-2-25-17-6-4-3-5-14(17)9-12-19(24)26-13-18-22-23-20(27-18)15-7-10-16(21)11-8-15/h3-12H,2,13H2,1H3/b12-9+. The molecule has 138 valence electrons. The molecule has 0 spiro atoms. The van der Waals surface area contributed by atoms with Crippen molar-refractivity contribution in [3.8, 4) is 17.2 Å². The van der Waals surface area contributed by atoms with E-state index in [1.165, 1.54) is 6.08 Å². The van der Waals surface area contributed by atoms with Gasteiger partial charge in [0.2, 0.25) is 5.89 Å². The Balaban J connectivity index is 1.57. The molecule has 2 aromatic carbocycles. The lowest BCUT2D eigenvalue weighted by atomic mass is 10.2. The summed E-state index contributed by atoms with van der Waals surface area (Å²) in [6.07, 6.45) is 2.97. The molecular formula is C20H17ClN2O4. The van der Waals surface area contributed by atoms with Crippen molar-refractivity contribution in [1.82, 2.24) is 10.2 Å². The number of hydrogen-bond donors (Lipinski definition) is 0. The van der Waals surface area contributed by atoms with Crippen LogP contribution in [0.2, 0.25) is 5.02 Å². The van der Waals surface area contributed by atoms with E-state index in [2.05, 4.69) is 10.2 Å². The van der Waals surface area contributed by atoms with E-state index in [4.69, 9.17) is 25.5 Å². The average Bonchev–Trinajstić information content (AvgIpc) is 3.15. The van der Waals surface area contributed by atoms with Gasteiger partial charge in [0.15, 0.2) is 6.61 Å². The fourth-order valence-electron chi connectivity index (χ4n) is 2.27. The Labute approximate surface area is 161 Å². The highest BCUT2D eigenvalue weighted by Crippen LogP contribution is 2.21. The minimum absolute atomic E-state index is 0.114. The smallest absolute Gasteiger partial charge is 0.331 e. The van der Waals surface area contributed by atoms with Crippen LogP contribution < -0.4 is 4.74 Å². The zero-order valence-electron chi connectivity index (χ0n) is 14.6. The Hall–Kier alpha value is -3.12. The van der Waals surface area contributed by atoms with E-state index in [1.54, 1.807) is 30.3 Å². The molecule has 0 aliphatic rings. The number of para-hydroxylation sites is 1. The van der Waals surface area contributed by atoms with E-state index in [0.29, 0.717) is 23.3 Å². The van der Waals surface area contributed by atoms with Crippen LogP contribution in [-0.4, -0.2) is 22.8 Å². The number of benzene rings is 2. The van der Waals surface area contributed by atoms with Gasteiger partial charge < -0.3 is 13.9 Å². The lowest BCUT2D eigenvalue weighted by molar-refractivity contribution is -0.139. The fraction of sp³-hybridized carbons (Fsp3) is 0.150. The average molecular weight is 385 g/mol. The number of halogens is 1. The fourth-order valence-corrected chi connectivity index (χ4v) is 2.39.